The van der Waals surface area contributed by atoms with Gasteiger partial charge in [0, 0.05) is 0 Å². The lowest BCUT2D eigenvalue weighted by Gasteiger charge is -2.34. The molecule has 8 atom stereocenters. The fourth-order valence-corrected chi connectivity index (χ4v) is 15.3. The molecule has 38 heavy (non-hydrogen) atoms. The molecule has 6 heteroatoms. The Labute approximate surface area is 225 Å². The van der Waals surface area contributed by atoms with E-state index in [1.807, 2.05) is 6.07 Å². The zero-order valence-corrected chi connectivity index (χ0v) is 22.8. The largest absolute Gasteiger partial charge is 0.222 e. The molecule has 0 amide bonds. The van der Waals surface area contributed by atoms with Gasteiger partial charge in [0.2, 0.25) is 0 Å². The van der Waals surface area contributed by atoms with Gasteiger partial charge in [-0.15, -0.1) is 0 Å². The van der Waals surface area contributed by atoms with E-state index in [1.54, 1.807) is 60.7 Å². The second-order valence-corrected chi connectivity index (χ2v) is 17.3. The third kappa shape index (κ3) is 2.76. The highest BCUT2D eigenvalue weighted by Gasteiger charge is 2.86. The molecule has 3 aromatic carbocycles. The quantitative estimate of drug-likeness (QED) is 0.375. The Morgan fingerprint density at radius 2 is 1.11 bits per heavy atom. The van der Waals surface area contributed by atoms with E-state index < -0.39 is 23.8 Å². The second-order valence-electron chi connectivity index (χ2n) is 12.5. The van der Waals surface area contributed by atoms with Crippen LogP contribution in [-0.4, -0.2) is 20.9 Å². The van der Waals surface area contributed by atoms with Crippen LogP contribution in [-0.2, 0) is 19.7 Å². The average molecular weight is 545 g/mol. The zero-order chi connectivity index (χ0) is 25.9. The van der Waals surface area contributed by atoms with Gasteiger partial charge < -0.3 is 0 Å². The number of fused-ring (bicyclic) bond motifs is 6. The molecule has 3 unspecified atom stereocenters. The number of sulfone groups is 2. The van der Waals surface area contributed by atoms with Crippen LogP contribution in [0, 0.1) is 40.9 Å². The normalized spacial score (nSPS) is 37.9. The maximum atomic E-state index is 14.6. The van der Waals surface area contributed by atoms with Gasteiger partial charge in [0.05, 0.1) is 9.79 Å². The van der Waals surface area contributed by atoms with Gasteiger partial charge in [0.1, 0.15) is 0 Å². The van der Waals surface area contributed by atoms with Crippen LogP contribution >= 0.6 is 0 Å². The van der Waals surface area contributed by atoms with Crippen molar-refractivity contribution < 1.29 is 16.8 Å². The Morgan fingerprint density at radius 3 is 1.61 bits per heavy atom. The smallest absolute Gasteiger partial charge is 0.198 e. The second kappa shape index (κ2) is 7.60. The molecule has 2 bridgehead atoms. The summed E-state index contributed by atoms with van der Waals surface area (Å²) in [7, 11) is -8.36. The molecule has 4 nitrogen and oxygen atoms in total. The van der Waals surface area contributed by atoms with E-state index >= 15 is 0 Å². The van der Waals surface area contributed by atoms with E-state index in [1.165, 1.54) is 24.8 Å². The van der Waals surface area contributed by atoms with Gasteiger partial charge >= 0.3 is 0 Å². The summed E-state index contributed by atoms with van der Waals surface area (Å²) in [5, 5.41) is 0. The molecule has 0 spiro atoms. The topological polar surface area (TPSA) is 68.3 Å². The molecule has 196 valence electrons. The molecule has 0 heterocycles. The molecule has 0 saturated heterocycles. The highest BCUT2D eigenvalue weighted by molar-refractivity contribution is 8.10. The van der Waals surface area contributed by atoms with Gasteiger partial charge in [-0.05, 0) is 109 Å². The van der Waals surface area contributed by atoms with Gasteiger partial charge in [0.25, 0.3) is 0 Å². The van der Waals surface area contributed by atoms with Crippen molar-refractivity contribution in [2.45, 2.75) is 51.9 Å². The van der Waals surface area contributed by atoms with Gasteiger partial charge in [-0.1, -0.05) is 66.7 Å². The molecule has 0 aliphatic heterocycles. The maximum absolute atomic E-state index is 14.6. The van der Waals surface area contributed by atoms with Crippen LogP contribution in [0.3, 0.4) is 0 Å². The zero-order valence-electron chi connectivity index (χ0n) is 21.2. The van der Waals surface area contributed by atoms with E-state index in [9.17, 15) is 16.8 Å². The Hall–Kier alpha value is -2.44. The molecule has 5 fully saturated rings. The van der Waals surface area contributed by atoms with Gasteiger partial charge in [-0.2, -0.15) is 0 Å². The molecule has 0 aromatic heterocycles. The van der Waals surface area contributed by atoms with Crippen molar-refractivity contribution in [2.24, 2.45) is 40.9 Å². The number of hydrogen-bond acceptors (Lipinski definition) is 4. The predicted octanol–water partition coefficient (Wildman–Crippen LogP) is 6.12. The SMILES string of the molecule is O=S(=O)(c1ccccc1)C1(S(=O)(=O)c2ccccc2)C[C@H]2[C@H](c3ccccc3)[C@@]2(C2[C@H]3C4CCC(C4)[C@@H]23)C1. The summed E-state index contributed by atoms with van der Waals surface area (Å²) < 4.78 is 56.5. The van der Waals surface area contributed by atoms with E-state index in [4.69, 9.17) is 0 Å². The molecule has 8 rings (SSSR count). The molecular weight excluding hydrogens is 512 g/mol. The van der Waals surface area contributed by atoms with Crippen LogP contribution in [0.15, 0.2) is 101 Å². The van der Waals surface area contributed by atoms with Crippen LogP contribution in [0.5, 0.6) is 0 Å². The highest BCUT2D eigenvalue weighted by Crippen LogP contribution is 2.89. The minimum atomic E-state index is -4.18. The first-order valence-electron chi connectivity index (χ1n) is 14.0. The first kappa shape index (κ1) is 23.4. The lowest BCUT2D eigenvalue weighted by Crippen LogP contribution is -2.46. The lowest BCUT2D eigenvalue weighted by atomic mass is 9.84. The third-order valence-electron chi connectivity index (χ3n) is 11.3. The third-order valence-corrected chi connectivity index (χ3v) is 17.0. The van der Waals surface area contributed by atoms with Crippen molar-refractivity contribution in [3.05, 3.63) is 96.6 Å². The monoisotopic (exact) mass is 544 g/mol. The summed E-state index contributed by atoms with van der Waals surface area (Å²) in [5.41, 5.74) is 0.986. The van der Waals surface area contributed by atoms with Crippen LogP contribution in [0.4, 0.5) is 0 Å². The first-order chi connectivity index (χ1) is 18.3. The van der Waals surface area contributed by atoms with Crippen LogP contribution < -0.4 is 0 Å². The molecule has 5 aliphatic rings. The van der Waals surface area contributed by atoms with E-state index in [-0.39, 0.29) is 39.9 Å². The molecular formula is C32H32O4S2. The summed E-state index contributed by atoms with van der Waals surface area (Å²) in [6, 6.07) is 27.0. The summed E-state index contributed by atoms with van der Waals surface area (Å²) in [6.07, 6.45) is 4.27. The summed E-state index contributed by atoms with van der Waals surface area (Å²) >= 11 is 0. The maximum Gasteiger partial charge on any atom is 0.198 e. The van der Waals surface area contributed by atoms with Crippen LogP contribution in [0.25, 0.3) is 0 Å². The predicted molar refractivity (Wildman–Crippen MR) is 146 cm³/mol. The molecule has 3 aromatic rings. The first-order valence-corrected chi connectivity index (χ1v) is 16.9. The minimum absolute atomic E-state index is 0.0666. The Kier molecular flexibility index (Phi) is 4.69. The van der Waals surface area contributed by atoms with Gasteiger partial charge in [-0.25, -0.2) is 16.8 Å². The highest BCUT2D eigenvalue weighted by atomic mass is 32.3. The van der Waals surface area contributed by atoms with Gasteiger partial charge in [-0.3, -0.25) is 0 Å². The van der Waals surface area contributed by atoms with Gasteiger partial charge in [0.15, 0.2) is 23.8 Å². The van der Waals surface area contributed by atoms with Crippen molar-refractivity contribution in [2.75, 3.05) is 0 Å². The van der Waals surface area contributed by atoms with E-state index in [0.29, 0.717) is 17.8 Å². The fraction of sp³-hybridized carbons (Fsp3) is 0.438. The van der Waals surface area contributed by atoms with Crippen molar-refractivity contribution >= 4 is 19.7 Å². The standard InChI is InChI=1S/C32H32O4S2/c33-37(34,24-12-6-2-7-13-24)31(38(35,36)25-14-8-3-9-15-25)19-26-29(21-10-4-1-5-11-21)32(26,20-31)30-27-22-16-17-23(18-22)28(27)30/h1-15,22-23,26-30H,16-20H2/t22?,23?,26-,27-,28+,29-,30?,32+/m0/s1. The average Bonchev–Trinajstić information content (AvgIpc) is 3.62. The molecule has 0 N–H and O–H groups in total. The van der Waals surface area contributed by atoms with E-state index in [2.05, 4.69) is 24.3 Å². The number of benzene rings is 3. The molecule has 5 aliphatic carbocycles. The Balaban J connectivity index is 1.31. The summed E-state index contributed by atoms with van der Waals surface area (Å²) in [6.45, 7) is 0. The molecule has 5 saturated carbocycles. The van der Waals surface area contributed by atoms with E-state index in [0.717, 1.165) is 11.8 Å². The van der Waals surface area contributed by atoms with Crippen LogP contribution in [0.1, 0.15) is 43.6 Å². The lowest BCUT2D eigenvalue weighted by molar-refractivity contribution is 0.305. The van der Waals surface area contributed by atoms with Crippen molar-refractivity contribution in [1.29, 1.82) is 0 Å². The fourth-order valence-electron chi connectivity index (χ4n) is 9.96. The van der Waals surface area contributed by atoms with Crippen molar-refractivity contribution in [3.63, 3.8) is 0 Å². The van der Waals surface area contributed by atoms with Crippen molar-refractivity contribution in [1.82, 2.24) is 0 Å². The summed E-state index contributed by atoms with van der Waals surface area (Å²) in [5.74, 6) is 3.55. The number of rotatable bonds is 6. The van der Waals surface area contributed by atoms with Crippen molar-refractivity contribution in [3.8, 4) is 0 Å². The Morgan fingerprint density at radius 1 is 0.632 bits per heavy atom. The van der Waals surface area contributed by atoms with Crippen LogP contribution in [0.2, 0.25) is 0 Å². The molecule has 0 radical (unpaired) electrons. The number of hydrogen-bond donors (Lipinski definition) is 0. The minimum Gasteiger partial charge on any atom is -0.222 e. The summed E-state index contributed by atoms with van der Waals surface area (Å²) in [4.78, 5) is 0.228. The Bertz CT molecular complexity index is 1530.